The zero-order valence-corrected chi connectivity index (χ0v) is 25.7. The van der Waals surface area contributed by atoms with Crippen LogP contribution in [0.4, 0.5) is 17.1 Å². The predicted octanol–water partition coefficient (Wildman–Crippen LogP) is 12.2. The lowest BCUT2D eigenvalue weighted by atomic mass is 9.96. The molecule has 1 aromatic heterocycles. The third-order valence-corrected chi connectivity index (χ3v) is 9.28. The van der Waals surface area contributed by atoms with Crippen molar-refractivity contribution >= 4 is 61.6 Å². The molecule has 2 aliphatic carbocycles. The summed E-state index contributed by atoms with van der Waals surface area (Å²) in [7, 11) is 0. The Labute approximate surface area is 269 Å². The van der Waals surface area contributed by atoms with E-state index in [1.54, 1.807) is 0 Å². The Morgan fingerprint density at radius 3 is 1.60 bits per heavy atom. The van der Waals surface area contributed by atoms with Crippen LogP contribution in [0.2, 0.25) is 5.02 Å². The van der Waals surface area contributed by atoms with Gasteiger partial charge < -0.3 is 9.47 Å². The number of anilines is 3. The number of hydrogen-bond acceptors (Lipinski definition) is 1. The fourth-order valence-electron chi connectivity index (χ4n) is 6.80. The quantitative estimate of drug-likeness (QED) is 0.184. The highest BCUT2D eigenvalue weighted by atomic mass is 35.5. The van der Waals surface area contributed by atoms with E-state index in [1.807, 2.05) is 12.1 Å². The van der Waals surface area contributed by atoms with Gasteiger partial charge in [0.05, 0.1) is 6.04 Å². The molecule has 0 radical (unpaired) electrons. The molecule has 0 bridgehead atoms. The molecule has 218 valence electrons. The van der Waals surface area contributed by atoms with Crippen molar-refractivity contribution in [2.45, 2.75) is 25.3 Å². The third-order valence-electron chi connectivity index (χ3n) is 9.02. The van der Waals surface area contributed by atoms with Gasteiger partial charge in [0.25, 0.3) is 0 Å². The van der Waals surface area contributed by atoms with Gasteiger partial charge in [-0.3, -0.25) is 0 Å². The highest BCUT2D eigenvalue weighted by Gasteiger charge is 2.19. The molecule has 45 heavy (non-hydrogen) atoms. The van der Waals surface area contributed by atoms with Crippen molar-refractivity contribution in [3.05, 3.63) is 174 Å². The zero-order valence-electron chi connectivity index (χ0n) is 25.0. The van der Waals surface area contributed by atoms with Crippen LogP contribution in [0.1, 0.15) is 36.4 Å². The fraction of sp³-hybridized carbons (Fsp3) is 0.0952. The lowest BCUT2D eigenvalue weighted by Crippen LogP contribution is -2.10. The molecule has 5 aromatic carbocycles. The first-order valence-electron chi connectivity index (χ1n) is 15.7. The smallest absolute Gasteiger partial charge is 0.0560 e. The Morgan fingerprint density at radius 2 is 1.09 bits per heavy atom. The summed E-state index contributed by atoms with van der Waals surface area (Å²) in [6.45, 7) is 0. The SMILES string of the molecule is Clc1ccc(N(c2ccc(C3=CCCC=C3)cc2)c2ccc(C3=CCC(n4c5ccccc5c5ccccc54)C=C3)cc2)cc1. The van der Waals surface area contributed by atoms with Crippen LogP contribution in [0.3, 0.4) is 0 Å². The van der Waals surface area contributed by atoms with E-state index >= 15 is 0 Å². The van der Waals surface area contributed by atoms with Crippen LogP contribution in [-0.2, 0) is 0 Å². The number of benzene rings is 5. The summed E-state index contributed by atoms with van der Waals surface area (Å²) in [6, 6.07) is 43.6. The molecule has 0 amide bonds. The molecule has 2 aliphatic rings. The van der Waals surface area contributed by atoms with Crippen LogP contribution in [-0.4, -0.2) is 4.57 Å². The average Bonchev–Trinajstić information content (AvgIpc) is 3.45. The molecule has 2 nitrogen and oxygen atoms in total. The standard InChI is InChI=1S/C42H33ClN2/c43-34-20-28-37(29-21-34)44(35-22-14-31(15-23-35)30-8-2-1-3-9-30)36-24-16-32(17-25-36)33-18-26-38(27-19-33)45-41-12-6-4-10-39(41)40-11-5-7-13-42(40)45/h2,4-26,28-29,38H,1,3,27H2. The maximum atomic E-state index is 6.28. The summed E-state index contributed by atoms with van der Waals surface area (Å²) in [5.74, 6) is 0. The van der Waals surface area contributed by atoms with E-state index in [0.717, 1.165) is 41.3 Å². The van der Waals surface area contributed by atoms with Crippen LogP contribution in [0.25, 0.3) is 33.0 Å². The highest BCUT2D eigenvalue weighted by molar-refractivity contribution is 6.30. The van der Waals surface area contributed by atoms with Crippen LogP contribution in [0, 0.1) is 0 Å². The Bertz CT molecular complexity index is 2070. The van der Waals surface area contributed by atoms with Gasteiger partial charge in [-0.15, -0.1) is 0 Å². The van der Waals surface area contributed by atoms with E-state index < -0.39 is 0 Å². The minimum absolute atomic E-state index is 0.279. The molecule has 3 heteroatoms. The van der Waals surface area contributed by atoms with Crippen molar-refractivity contribution in [2.24, 2.45) is 0 Å². The number of aromatic nitrogens is 1. The van der Waals surface area contributed by atoms with Crippen molar-refractivity contribution < 1.29 is 0 Å². The summed E-state index contributed by atoms with van der Waals surface area (Å²) in [6.07, 6.45) is 17.0. The predicted molar refractivity (Wildman–Crippen MR) is 193 cm³/mol. The second-order valence-corrected chi connectivity index (χ2v) is 12.2. The maximum absolute atomic E-state index is 6.28. The molecule has 0 spiro atoms. The van der Waals surface area contributed by atoms with Gasteiger partial charge in [0.15, 0.2) is 0 Å². The number of allylic oxidation sites excluding steroid dienone is 8. The van der Waals surface area contributed by atoms with Crippen LogP contribution < -0.4 is 4.90 Å². The number of nitrogens with zero attached hydrogens (tertiary/aromatic N) is 2. The first kappa shape index (κ1) is 27.5. The maximum Gasteiger partial charge on any atom is 0.0560 e. The van der Waals surface area contributed by atoms with Gasteiger partial charge >= 0.3 is 0 Å². The molecule has 1 heterocycles. The van der Waals surface area contributed by atoms with E-state index in [0.29, 0.717) is 0 Å². The normalized spacial score (nSPS) is 16.2. The van der Waals surface area contributed by atoms with Crippen molar-refractivity contribution in [3.63, 3.8) is 0 Å². The molecule has 1 atom stereocenters. The van der Waals surface area contributed by atoms with E-state index in [2.05, 4.69) is 155 Å². The molecule has 6 aromatic rings. The van der Waals surface area contributed by atoms with Crippen molar-refractivity contribution in [3.8, 4) is 0 Å². The molecule has 0 saturated carbocycles. The summed E-state index contributed by atoms with van der Waals surface area (Å²) < 4.78 is 2.49. The molecule has 1 unspecified atom stereocenters. The van der Waals surface area contributed by atoms with E-state index in [1.165, 1.54) is 44.1 Å². The lowest BCUT2D eigenvalue weighted by Gasteiger charge is -2.26. The second-order valence-electron chi connectivity index (χ2n) is 11.8. The minimum atomic E-state index is 0.279. The van der Waals surface area contributed by atoms with Gasteiger partial charge in [0, 0.05) is 43.9 Å². The van der Waals surface area contributed by atoms with Gasteiger partial charge in [0.2, 0.25) is 0 Å². The monoisotopic (exact) mass is 600 g/mol. The van der Waals surface area contributed by atoms with E-state index in [9.17, 15) is 0 Å². The summed E-state index contributed by atoms with van der Waals surface area (Å²) in [4.78, 5) is 2.29. The van der Waals surface area contributed by atoms with Crippen LogP contribution in [0.15, 0.2) is 158 Å². The third kappa shape index (κ3) is 5.22. The van der Waals surface area contributed by atoms with Crippen molar-refractivity contribution in [2.75, 3.05) is 4.90 Å². The molecular weight excluding hydrogens is 568 g/mol. The zero-order chi connectivity index (χ0) is 30.2. The summed E-state index contributed by atoms with van der Waals surface area (Å²) >= 11 is 6.28. The molecule has 0 fully saturated rings. The van der Waals surface area contributed by atoms with Crippen LogP contribution in [0.5, 0.6) is 0 Å². The molecule has 0 N–H and O–H groups in total. The summed E-state index contributed by atoms with van der Waals surface area (Å²) in [5.41, 5.74) is 10.9. The minimum Gasteiger partial charge on any atom is -0.333 e. The number of halogens is 1. The number of hydrogen-bond donors (Lipinski definition) is 0. The van der Waals surface area contributed by atoms with E-state index in [-0.39, 0.29) is 6.04 Å². The van der Waals surface area contributed by atoms with Crippen molar-refractivity contribution in [1.29, 1.82) is 0 Å². The van der Waals surface area contributed by atoms with Crippen LogP contribution >= 0.6 is 11.6 Å². The molecule has 0 aliphatic heterocycles. The summed E-state index contributed by atoms with van der Waals surface area (Å²) in [5, 5.41) is 3.36. The second kappa shape index (κ2) is 11.8. The Balaban J connectivity index is 1.08. The van der Waals surface area contributed by atoms with Gasteiger partial charge in [-0.25, -0.2) is 0 Å². The van der Waals surface area contributed by atoms with Crippen molar-refractivity contribution in [1.82, 2.24) is 4.57 Å². The molecular formula is C42H33ClN2. The first-order chi connectivity index (χ1) is 22.2. The van der Waals surface area contributed by atoms with Gasteiger partial charge in [-0.1, -0.05) is 109 Å². The Kier molecular flexibility index (Phi) is 7.21. The molecule has 8 rings (SSSR count). The number of para-hydroxylation sites is 2. The van der Waals surface area contributed by atoms with E-state index in [4.69, 9.17) is 11.6 Å². The largest absolute Gasteiger partial charge is 0.333 e. The van der Waals surface area contributed by atoms with Gasteiger partial charge in [-0.2, -0.15) is 0 Å². The average molecular weight is 601 g/mol. The van der Waals surface area contributed by atoms with Gasteiger partial charge in [0.1, 0.15) is 0 Å². The fourth-order valence-corrected chi connectivity index (χ4v) is 6.92. The Hall–Kier alpha value is -5.05. The topological polar surface area (TPSA) is 8.17 Å². The number of rotatable bonds is 6. The lowest BCUT2D eigenvalue weighted by molar-refractivity contribution is 0.649. The molecule has 0 saturated heterocycles. The Morgan fingerprint density at radius 1 is 0.556 bits per heavy atom. The highest BCUT2D eigenvalue weighted by Crippen LogP contribution is 2.39. The van der Waals surface area contributed by atoms with Gasteiger partial charge in [-0.05, 0) is 102 Å². The number of fused-ring (bicyclic) bond motifs is 3. The first-order valence-corrected chi connectivity index (χ1v) is 16.1.